The summed E-state index contributed by atoms with van der Waals surface area (Å²) in [5, 5.41) is 9.31. The van der Waals surface area contributed by atoms with Gasteiger partial charge in [-0.2, -0.15) is 0 Å². The predicted octanol–water partition coefficient (Wildman–Crippen LogP) is 4.72. The average molecular weight is 343 g/mol. The van der Waals surface area contributed by atoms with Gasteiger partial charge in [0.25, 0.3) is 0 Å². The van der Waals surface area contributed by atoms with Crippen molar-refractivity contribution in [3.05, 3.63) is 71.6 Å². The van der Waals surface area contributed by atoms with Crippen LogP contribution >= 0.6 is 11.8 Å². The number of hydrogen-bond acceptors (Lipinski definition) is 3. The molecule has 0 spiro atoms. The van der Waals surface area contributed by atoms with E-state index in [4.69, 9.17) is 0 Å². The molecule has 3 aromatic rings. The molecule has 24 heavy (non-hydrogen) atoms. The highest BCUT2D eigenvalue weighted by atomic mass is 32.2. The fraction of sp³-hybridized carbons (Fsp3) is 0.222. The summed E-state index contributed by atoms with van der Waals surface area (Å²) >= 11 is 1.37. The van der Waals surface area contributed by atoms with Crippen LogP contribution in [0.5, 0.6) is 0 Å². The highest BCUT2D eigenvalue weighted by molar-refractivity contribution is 7.98. The second-order valence-corrected chi connectivity index (χ2v) is 6.75. The van der Waals surface area contributed by atoms with Gasteiger partial charge in [-0.1, -0.05) is 30.0 Å². The highest BCUT2D eigenvalue weighted by Gasteiger charge is 2.31. The van der Waals surface area contributed by atoms with Crippen LogP contribution in [-0.2, 0) is 5.75 Å². The van der Waals surface area contributed by atoms with Crippen LogP contribution in [0.25, 0.3) is 5.69 Å². The number of aromatic nitrogens is 3. The number of para-hydroxylation sites is 1. The Morgan fingerprint density at radius 1 is 1.04 bits per heavy atom. The summed E-state index contributed by atoms with van der Waals surface area (Å²) < 4.78 is 29.2. The molecule has 4 rings (SSSR count). The molecular formula is C18H15F2N3S. The monoisotopic (exact) mass is 343 g/mol. The molecule has 0 N–H and O–H groups in total. The Morgan fingerprint density at radius 3 is 2.58 bits per heavy atom. The Labute approximate surface area is 142 Å². The van der Waals surface area contributed by atoms with E-state index in [-0.39, 0.29) is 0 Å². The van der Waals surface area contributed by atoms with Crippen molar-refractivity contribution in [2.75, 3.05) is 0 Å². The minimum atomic E-state index is -0.435. The van der Waals surface area contributed by atoms with Crippen molar-refractivity contribution in [3.8, 4) is 5.69 Å². The number of rotatable bonds is 5. The molecule has 0 saturated heterocycles. The van der Waals surface area contributed by atoms with Gasteiger partial charge in [0.05, 0.1) is 0 Å². The maximum absolute atomic E-state index is 13.8. The molecular weight excluding hydrogens is 328 g/mol. The molecule has 0 bridgehead atoms. The Hall–Kier alpha value is -2.21. The van der Waals surface area contributed by atoms with E-state index in [1.54, 1.807) is 0 Å². The van der Waals surface area contributed by atoms with Gasteiger partial charge >= 0.3 is 0 Å². The topological polar surface area (TPSA) is 30.7 Å². The third-order valence-corrected chi connectivity index (χ3v) is 4.96. The number of thioether (sulfide) groups is 1. The first kappa shape index (κ1) is 15.3. The van der Waals surface area contributed by atoms with Gasteiger partial charge in [0.2, 0.25) is 0 Å². The molecule has 1 fully saturated rings. The molecule has 122 valence electrons. The molecule has 1 heterocycles. The molecule has 0 unspecified atom stereocenters. The lowest BCUT2D eigenvalue weighted by molar-refractivity contribution is 0.591. The summed E-state index contributed by atoms with van der Waals surface area (Å²) in [6.45, 7) is 0. The summed E-state index contributed by atoms with van der Waals surface area (Å²) in [6, 6.07) is 13.4. The van der Waals surface area contributed by atoms with Crippen molar-refractivity contribution in [1.82, 2.24) is 14.8 Å². The largest absolute Gasteiger partial charge is 0.274 e. The molecule has 0 atom stereocenters. The van der Waals surface area contributed by atoms with Crippen LogP contribution in [0.1, 0.15) is 30.1 Å². The maximum atomic E-state index is 13.8. The van der Waals surface area contributed by atoms with E-state index in [2.05, 4.69) is 10.2 Å². The number of nitrogens with zero attached hydrogens (tertiary/aromatic N) is 3. The van der Waals surface area contributed by atoms with E-state index in [9.17, 15) is 8.78 Å². The lowest BCUT2D eigenvalue weighted by atomic mass is 10.2. The van der Waals surface area contributed by atoms with Crippen molar-refractivity contribution >= 4 is 11.8 Å². The highest BCUT2D eigenvalue weighted by Crippen LogP contribution is 2.41. The summed E-state index contributed by atoms with van der Waals surface area (Å²) in [7, 11) is 0. The van der Waals surface area contributed by atoms with Gasteiger partial charge in [-0.05, 0) is 43.2 Å². The van der Waals surface area contributed by atoms with Crippen LogP contribution < -0.4 is 0 Å². The third-order valence-electron chi connectivity index (χ3n) is 3.98. The zero-order valence-corrected chi connectivity index (χ0v) is 13.6. The van der Waals surface area contributed by atoms with Crippen LogP contribution in [0.15, 0.2) is 53.7 Å². The summed E-state index contributed by atoms with van der Waals surface area (Å²) in [4.78, 5) is 0. The second kappa shape index (κ2) is 6.36. The molecule has 0 radical (unpaired) electrons. The van der Waals surface area contributed by atoms with Gasteiger partial charge in [0.1, 0.15) is 17.5 Å². The molecule has 2 aromatic carbocycles. The standard InChI is InChI=1S/C18H15F2N3S/c19-14-8-9-16(20)13(10-14)11-24-18-22-21-17(12-6-7-12)23(18)15-4-2-1-3-5-15/h1-5,8-10,12H,6-7,11H2. The van der Waals surface area contributed by atoms with Gasteiger partial charge < -0.3 is 0 Å². The third kappa shape index (κ3) is 3.06. The van der Waals surface area contributed by atoms with E-state index in [1.807, 2.05) is 34.9 Å². The number of hydrogen-bond donors (Lipinski definition) is 0. The van der Waals surface area contributed by atoms with E-state index in [1.165, 1.54) is 17.8 Å². The molecule has 1 aromatic heterocycles. The smallest absolute Gasteiger partial charge is 0.196 e. The van der Waals surface area contributed by atoms with Crippen LogP contribution in [0.4, 0.5) is 8.78 Å². The summed E-state index contributed by atoms with van der Waals surface area (Å²) in [5.74, 6) is 0.854. The Balaban J connectivity index is 1.65. The van der Waals surface area contributed by atoms with E-state index < -0.39 is 11.6 Å². The van der Waals surface area contributed by atoms with Crippen LogP contribution in [-0.4, -0.2) is 14.8 Å². The van der Waals surface area contributed by atoms with Crippen molar-refractivity contribution in [3.63, 3.8) is 0 Å². The minimum absolute atomic E-state index is 0.305. The van der Waals surface area contributed by atoms with Crippen molar-refractivity contribution in [1.29, 1.82) is 0 Å². The lowest BCUT2D eigenvalue weighted by Gasteiger charge is -2.10. The summed E-state index contributed by atoms with van der Waals surface area (Å²) in [5.41, 5.74) is 1.32. The van der Waals surface area contributed by atoms with E-state index in [0.717, 1.165) is 36.5 Å². The first-order valence-electron chi connectivity index (χ1n) is 7.80. The quantitative estimate of drug-likeness (QED) is 0.628. The first-order valence-corrected chi connectivity index (χ1v) is 8.78. The van der Waals surface area contributed by atoms with Crippen molar-refractivity contribution < 1.29 is 8.78 Å². The predicted molar refractivity (Wildman–Crippen MR) is 89.3 cm³/mol. The zero-order valence-electron chi connectivity index (χ0n) is 12.8. The van der Waals surface area contributed by atoms with Gasteiger partial charge in [-0.3, -0.25) is 4.57 Å². The normalized spacial score (nSPS) is 14.1. The number of halogens is 2. The van der Waals surface area contributed by atoms with Crippen LogP contribution in [0.2, 0.25) is 0 Å². The van der Waals surface area contributed by atoms with Gasteiger partial charge in [0.15, 0.2) is 5.16 Å². The van der Waals surface area contributed by atoms with Gasteiger partial charge in [-0.25, -0.2) is 8.78 Å². The minimum Gasteiger partial charge on any atom is -0.274 e. The molecule has 0 aliphatic heterocycles. The first-order chi connectivity index (χ1) is 11.7. The Bertz CT molecular complexity index is 860. The van der Waals surface area contributed by atoms with Crippen LogP contribution in [0, 0.1) is 11.6 Å². The van der Waals surface area contributed by atoms with Crippen molar-refractivity contribution in [2.24, 2.45) is 0 Å². The Kier molecular flexibility index (Phi) is 4.06. The molecule has 6 heteroatoms. The number of benzene rings is 2. The zero-order chi connectivity index (χ0) is 16.5. The maximum Gasteiger partial charge on any atom is 0.196 e. The Morgan fingerprint density at radius 2 is 1.83 bits per heavy atom. The molecule has 3 nitrogen and oxygen atoms in total. The fourth-order valence-corrected chi connectivity index (χ4v) is 3.53. The molecule has 1 aliphatic rings. The molecule has 1 saturated carbocycles. The van der Waals surface area contributed by atoms with Gasteiger partial charge in [-0.15, -0.1) is 10.2 Å². The van der Waals surface area contributed by atoms with Crippen molar-refractivity contribution in [2.45, 2.75) is 29.7 Å². The fourth-order valence-electron chi connectivity index (χ4n) is 2.60. The van der Waals surface area contributed by atoms with Crippen LogP contribution in [0.3, 0.4) is 0 Å². The lowest BCUT2D eigenvalue weighted by Crippen LogP contribution is -2.01. The average Bonchev–Trinajstić information content (AvgIpc) is 3.36. The SMILES string of the molecule is Fc1ccc(F)c(CSc2nnc(C3CC3)n2-c2ccccc2)c1. The molecule has 1 aliphatic carbocycles. The second-order valence-electron chi connectivity index (χ2n) is 5.81. The molecule has 0 amide bonds. The van der Waals surface area contributed by atoms with E-state index >= 15 is 0 Å². The van der Waals surface area contributed by atoms with E-state index in [0.29, 0.717) is 22.4 Å². The summed E-state index contributed by atoms with van der Waals surface area (Å²) in [6.07, 6.45) is 2.24. The van der Waals surface area contributed by atoms with Gasteiger partial charge in [0, 0.05) is 22.9 Å².